The zero-order chi connectivity index (χ0) is 16.7. The molecule has 0 aromatic heterocycles. The van der Waals surface area contributed by atoms with Crippen molar-refractivity contribution in [3.8, 4) is 0 Å². The van der Waals surface area contributed by atoms with Crippen LogP contribution >= 0.6 is 0 Å². The van der Waals surface area contributed by atoms with Gasteiger partial charge in [0.2, 0.25) is 0 Å². The van der Waals surface area contributed by atoms with E-state index in [2.05, 4.69) is 5.32 Å². The van der Waals surface area contributed by atoms with E-state index in [1.807, 2.05) is 37.3 Å². The lowest BCUT2D eigenvalue weighted by Crippen LogP contribution is -2.25. The fourth-order valence-electron chi connectivity index (χ4n) is 3.31. The molecule has 4 heteroatoms. The van der Waals surface area contributed by atoms with Gasteiger partial charge in [0, 0.05) is 35.1 Å². The molecule has 0 aliphatic carbocycles. The first kappa shape index (κ1) is 14.7. The van der Waals surface area contributed by atoms with Gasteiger partial charge >= 0.3 is 0 Å². The molecule has 0 atom stereocenters. The quantitative estimate of drug-likeness (QED) is 0.763. The Morgan fingerprint density at radius 3 is 2.58 bits per heavy atom. The molecule has 3 aromatic carbocycles. The summed E-state index contributed by atoms with van der Waals surface area (Å²) in [7, 11) is 0. The number of nitrogens with one attached hydrogen (secondary N) is 1. The average Bonchev–Trinajstić information content (AvgIpc) is 2.89. The molecule has 0 saturated carbocycles. The maximum atomic E-state index is 13.0. The first-order chi connectivity index (χ1) is 11.7. The topological polar surface area (TPSA) is 32.3 Å². The number of amides is 1. The standard InChI is InChI=1S/C20H17FN2O/c1-2-23-18-11-10-17(22-12-13-6-8-14(21)9-7-13)15-4-3-5-16(19(15)18)20(23)24/h3-11,22H,2,12H2,1H3. The highest BCUT2D eigenvalue weighted by Crippen LogP contribution is 2.40. The van der Waals surface area contributed by atoms with Gasteiger partial charge in [-0.3, -0.25) is 4.79 Å². The molecule has 1 aliphatic heterocycles. The van der Waals surface area contributed by atoms with Gasteiger partial charge in [0.1, 0.15) is 5.82 Å². The lowest BCUT2D eigenvalue weighted by molar-refractivity contribution is 0.0994. The van der Waals surface area contributed by atoms with E-state index in [4.69, 9.17) is 0 Å². The van der Waals surface area contributed by atoms with Crippen molar-refractivity contribution < 1.29 is 9.18 Å². The van der Waals surface area contributed by atoms with Gasteiger partial charge in [-0.05, 0) is 42.8 Å². The Bertz CT molecular complexity index is 934. The van der Waals surface area contributed by atoms with Crippen LogP contribution in [0.4, 0.5) is 15.8 Å². The third-order valence-electron chi connectivity index (χ3n) is 4.50. The molecule has 0 unspecified atom stereocenters. The summed E-state index contributed by atoms with van der Waals surface area (Å²) in [5.41, 5.74) is 3.71. The second kappa shape index (κ2) is 5.64. The van der Waals surface area contributed by atoms with Crippen LogP contribution in [-0.4, -0.2) is 12.5 Å². The van der Waals surface area contributed by atoms with Gasteiger partial charge < -0.3 is 10.2 Å². The fraction of sp³-hybridized carbons (Fsp3) is 0.150. The van der Waals surface area contributed by atoms with Crippen LogP contribution in [0.25, 0.3) is 10.8 Å². The number of nitrogens with zero attached hydrogens (tertiary/aromatic N) is 1. The molecule has 4 rings (SSSR count). The summed E-state index contributed by atoms with van der Waals surface area (Å²) in [6, 6.07) is 16.3. The molecular weight excluding hydrogens is 303 g/mol. The molecule has 0 fully saturated rings. The number of carbonyl (C=O) groups excluding carboxylic acids is 1. The van der Waals surface area contributed by atoms with E-state index in [1.165, 1.54) is 12.1 Å². The van der Waals surface area contributed by atoms with Gasteiger partial charge in [-0.15, -0.1) is 0 Å². The summed E-state index contributed by atoms with van der Waals surface area (Å²) in [5, 5.41) is 5.45. The zero-order valence-corrected chi connectivity index (χ0v) is 13.3. The van der Waals surface area contributed by atoms with Crippen molar-refractivity contribution >= 4 is 28.1 Å². The van der Waals surface area contributed by atoms with Crippen LogP contribution in [0.3, 0.4) is 0 Å². The highest BCUT2D eigenvalue weighted by atomic mass is 19.1. The lowest BCUT2D eigenvalue weighted by Gasteiger charge is -2.16. The number of benzene rings is 3. The fourth-order valence-corrected chi connectivity index (χ4v) is 3.31. The Kier molecular flexibility index (Phi) is 3.45. The van der Waals surface area contributed by atoms with E-state index < -0.39 is 0 Å². The summed E-state index contributed by atoms with van der Waals surface area (Å²) >= 11 is 0. The zero-order valence-electron chi connectivity index (χ0n) is 13.3. The Labute approximate surface area is 139 Å². The molecule has 0 saturated heterocycles. The minimum atomic E-state index is -0.234. The average molecular weight is 320 g/mol. The number of anilines is 2. The second-order valence-electron chi connectivity index (χ2n) is 5.89. The van der Waals surface area contributed by atoms with Crippen LogP contribution in [-0.2, 0) is 6.54 Å². The van der Waals surface area contributed by atoms with Crippen molar-refractivity contribution in [1.82, 2.24) is 0 Å². The molecule has 1 aliphatic rings. The van der Waals surface area contributed by atoms with Crippen molar-refractivity contribution in [2.75, 3.05) is 16.8 Å². The Hall–Kier alpha value is -2.88. The van der Waals surface area contributed by atoms with Crippen molar-refractivity contribution in [1.29, 1.82) is 0 Å². The molecule has 0 spiro atoms. The van der Waals surface area contributed by atoms with E-state index in [9.17, 15) is 9.18 Å². The molecule has 0 radical (unpaired) electrons. The van der Waals surface area contributed by atoms with Gasteiger partial charge in [0.15, 0.2) is 0 Å². The highest BCUT2D eigenvalue weighted by Gasteiger charge is 2.29. The predicted molar refractivity (Wildman–Crippen MR) is 95.0 cm³/mol. The van der Waals surface area contributed by atoms with E-state index >= 15 is 0 Å². The number of hydrogen-bond donors (Lipinski definition) is 1. The molecular formula is C20H17FN2O. The van der Waals surface area contributed by atoms with Gasteiger partial charge in [0.25, 0.3) is 5.91 Å². The normalized spacial score (nSPS) is 12.9. The van der Waals surface area contributed by atoms with Crippen molar-refractivity contribution in [2.24, 2.45) is 0 Å². The minimum absolute atomic E-state index is 0.0637. The molecule has 24 heavy (non-hydrogen) atoms. The van der Waals surface area contributed by atoms with Crippen LogP contribution in [0.2, 0.25) is 0 Å². The van der Waals surface area contributed by atoms with Crippen molar-refractivity contribution in [2.45, 2.75) is 13.5 Å². The van der Waals surface area contributed by atoms with E-state index in [0.717, 1.165) is 33.3 Å². The van der Waals surface area contributed by atoms with E-state index in [1.54, 1.807) is 17.0 Å². The van der Waals surface area contributed by atoms with Crippen LogP contribution in [0.1, 0.15) is 22.8 Å². The number of carbonyl (C=O) groups is 1. The summed E-state index contributed by atoms with van der Waals surface area (Å²) in [6.45, 7) is 3.24. The largest absolute Gasteiger partial charge is 0.380 e. The molecule has 1 N–H and O–H groups in total. The van der Waals surface area contributed by atoms with Crippen molar-refractivity contribution in [3.63, 3.8) is 0 Å². The molecule has 120 valence electrons. The summed E-state index contributed by atoms with van der Waals surface area (Å²) in [6.07, 6.45) is 0. The van der Waals surface area contributed by atoms with Gasteiger partial charge in [-0.2, -0.15) is 0 Å². The maximum Gasteiger partial charge on any atom is 0.258 e. The summed E-state index contributed by atoms with van der Waals surface area (Å²) < 4.78 is 13.0. The summed E-state index contributed by atoms with van der Waals surface area (Å²) in [5.74, 6) is -0.170. The van der Waals surface area contributed by atoms with Crippen LogP contribution in [0.5, 0.6) is 0 Å². The van der Waals surface area contributed by atoms with Gasteiger partial charge in [0.05, 0.1) is 5.69 Å². The van der Waals surface area contributed by atoms with Gasteiger partial charge in [-0.1, -0.05) is 24.3 Å². The Balaban J connectivity index is 1.72. The maximum absolute atomic E-state index is 13.0. The number of rotatable bonds is 4. The van der Waals surface area contributed by atoms with Gasteiger partial charge in [-0.25, -0.2) is 4.39 Å². The first-order valence-corrected chi connectivity index (χ1v) is 8.05. The monoisotopic (exact) mass is 320 g/mol. The molecule has 3 nitrogen and oxygen atoms in total. The smallest absolute Gasteiger partial charge is 0.258 e. The minimum Gasteiger partial charge on any atom is -0.380 e. The summed E-state index contributed by atoms with van der Waals surface area (Å²) in [4.78, 5) is 14.3. The van der Waals surface area contributed by atoms with Crippen LogP contribution in [0.15, 0.2) is 54.6 Å². The molecule has 0 bridgehead atoms. The van der Waals surface area contributed by atoms with Crippen LogP contribution in [0, 0.1) is 5.82 Å². The van der Waals surface area contributed by atoms with E-state index in [-0.39, 0.29) is 11.7 Å². The Morgan fingerprint density at radius 2 is 1.83 bits per heavy atom. The third kappa shape index (κ3) is 2.22. The highest BCUT2D eigenvalue weighted by molar-refractivity contribution is 6.26. The molecule has 3 aromatic rings. The second-order valence-corrected chi connectivity index (χ2v) is 5.89. The Morgan fingerprint density at radius 1 is 1.04 bits per heavy atom. The molecule has 1 amide bonds. The van der Waals surface area contributed by atoms with E-state index in [0.29, 0.717) is 13.1 Å². The SMILES string of the molecule is CCN1C(=O)c2cccc3c(NCc4ccc(F)cc4)ccc1c23. The number of hydrogen-bond acceptors (Lipinski definition) is 2. The van der Waals surface area contributed by atoms with Crippen molar-refractivity contribution in [3.05, 3.63) is 71.5 Å². The number of halogens is 1. The van der Waals surface area contributed by atoms with Crippen LogP contribution < -0.4 is 10.2 Å². The molecule has 1 heterocycles. The first-order valence-electron chi connectivity index (χ1n) is 8.05. The third-order valence-corrected chi connectivity index (χ3v) is 4.50. The lowest BCUT2D eigenvalue weighted by atomic mass is 10.0. The predicted octanol–water partition coefficient (Wildman–Crippen LogP) is 4.57.